The molecule has 0 atom stereocenters. The fourth-order valence-corrected chi connectivity index (χ4v) is 10.6. The molecule has 0 saturated heterocycles. The minimum absolute atomic E-state index is 0.0458. The average molecular weight is 1740 g/mol. The van der Waals surface area contributed by atoms with Gasteiger partial charge in [0.05, 0.1) is 232 Å². The Morgan fingerprint density at radius 2 is 0.246 bits per heavy atom. The van der Waals surface area contributed by atoms with Crippen LogP contribution in [0.25, 0.3) is 64.6 Å². The molecule has 0 N–H and O–H groups in total. The SMILES string of the molecule is COCCOCCOCCOC(=O)c1cc2c#cc3cc(C(=O)OCCOCCOCCOC)cc(c#cc4cc(C(=O)OCCOCCOCCOC)cc(c#cc5cc(C(=O)OCCOCCOCCOC)cc(c#cc6cc(C(=O)OCCOCCOCCOC)cc(c#cc7cc(C(=O)OCCOCCOCCOC)cc(c#cc(c1)c2)c7)c6)c5)c4)c3. The number of hydrogen-bond donors (Lipinski definition) is 0. The van der Waals surface area contributed by atoms with E-state index in [-0.39, 0.29) is 257 Å². The second kappa shape index (κ2) is 63.7. The normalized spacial score (nSPS) is 10.7. The summed E-state index contributed by atoms with van der Waals surface area (Å²) in [5.41, 5.74) is 0.326. The molecule has 0 aromatic heterocycles. The first-order valence-corrected chi connectivity index (χ1v) is 40.7. The van der Waals surface area contributed by atoms with E-state index < -0.39 is 35.8 Å². The lowest BCUT2D eigenvalue weighted by Crippen LogP contribution is -2.13. The Hall–Kier alpha value is -11.2. The molecule has 30 heteroatoms. The van der Waals surface area contributed by atoms with Gasteiger partial charge >= 0.3 is 35.8 Å². The number of carbonyl (C=O) groups is 6. The van der Waals surface area contributed by atoms with E-state index in [4.69, 9.17) is 114 Å². The van der Waals surface area contributed by atoms with E-state index in [0.717, 1.165) is 0 Å². The third kappa shape index (κ3) is 43.1. The summed E-state index contributed by atoms with van der Waals surface area (Å²) in [6, 6.07) is 65.7. The first kappa shape index (κ1) is 102. The van der Waals surface area contributed by atoms with Crippen molar-refractivity contribution in [2.45, 2.75) is 0 Å². The van der Waals surface area contributed by atoms with Crippen molar-refractivity contribution in [3.8, 4) is 0 Å². The van der Waals surface area contributed by atoms with Crippen LogP contribution in [0.2, 0.25) is 0 Å². The highest BCUT2D eigenvalue weighted by atomic mass is 16.6. The van der Waals surface area contributed by atoms with Gasteiger partial charge in [-0.15, -0.1) is 0 Å². The summed E-state index contributed by atoms with van der Waals surface area (Å²) in [5.74, 6) is -4.44. The zero-order valence-corrected chi connectivity index (χ0v) is 72.1. The molecule has 0 aliphatic carbocycles. The van der Waals surface area contributed by atoms with Gasteiger partial charge in [-0.05, 0) is 109 Å². The molecule has 0 spiro atoms. The van der Waals surface area contributed by atoms with E-state index in [1.54, 1.807) is 79.1 Å². The quantitative estimate of drug-likeness (QED) is 0.0194. The van der Waals surface area contributed by atoms with Crippen LogP contribution >= 0.6 is 0 Å². The van der Waals surface area contributed by atoms with Crippen LogP contribution in [-0.4, -0.2) is 316 Å². The van der Waals surface area contributed by atoms with E-state index in [0.29, 0.717) is 79.3 Å². The molecular formula is C96H108O30. The second-order valence-corrected chi connectivity index (χ2v) is 26.4. The Bertz CT molecular complexity index is 3830. The molecule has 0 aliphatic heterocycles. The van der Waals surface area contributed by atoms with Crippen LogP contribution in [0.3, 0.4) is 0 Å². The van der Waals surface area contributed by atoms with E-state index in [2.05, 4.69) is 72.8 Å². The Labute approximate surface area is 735 Å². The lowest BCUT2D eigenvalue weighted by Gasteiger charge is -2.07. The highest BCUT2D eigenvalue weighted by molar-refractivity contribution is 5.97. The van der Waals surface area contributed by atoms with Crippen molar-refractivity contribution >= 4 is 100 Å². The van der Waals surface area contributed by atoms with Crippen molar-refractivity contribution in [3.63, 3.8) is 0 Å². The van der Waals surface area contributed by atoms with Crippen molar-refractivity contribution in [1.82, 2.24) is 0 Å². The number of ether oxygens (including phenoxy) is 24. The van der Waals surface area contributed by atoms with Gasteiger partial charge in [0.1, 0.15) is 39.6 Å². The van der Waals surface area contributed by atoms with E-state index in [9.17, 15) is 28.8 Å². The van der Waals surface area contributed by atoms with Gasteiger partial charge in [-0.25, -0.2) is 28.8 Å². The monoisotopic (exact) mass is 1740 g/mol. The summed E-state index contributed by atoms with van der Waals surface area (Å²) in [6.45, 7) is 7.33. The lowest BCUT2D eigenvalue weighted by molar-refractivity contribution is 0.00553. The fourth-order valence-electron chi connectivity index (χ4n) is 10.6. The molecule has 0 fully saturated rings. The topological polar surface area (TPSA) is 324 Å². The van der Waals surface area contributed by atoms with Crippen LogP contribution in [0.1, 0.15) is 62.1 Å². The predicted molar refractivity (Wildman–Crippen MR) is 460 cm³/mol. The van der Waals surface area contributed by atoms with Crippen LogP contribution in [0, 0.1) is 72.8 Å². The van der Waals surface area contributed by atoms with Crippen LogP contribution in [0.15, 0.2) is 109 Å². The number of hydrogen-bond acceptors (Lipinski definition) is 30. The summed E-state index contributed by atoms with van der Waals surface area (Å²) in [6.07, 6.45) is 0. The maximum Gasteiger partial charge on any atom is 0.338 e. The van der Waals surface area contributed by atoms with Crippen LogP contribution in [0.4, 0.5) is 0 Å². The zero-order chi connectivity index (χ0) is 89.5. The Balaban J connectivity index is 1.48. The summed E-state index contributed by atoms with van der Waals surface area (Å²) >= 11 is 0. The van der Waals surface area contributed by atoms with Gasteiger partial charge in [0, 0.05) is 107 Å². The van der Waals surface area contributed by atoms with E-state index in [1.165, 1.54) is 72.8 Å². The molecule has 672 valence electrons. The van der Waals surface area contributed by atoms with Gasteiger partial charge in [0.2, 0.25) is 0 Å². The molecule has 126 heavy (non-hydrogen) atoms. The maximum atomic E-state index is 14.1. The molecule has 12 bridgehead atoms. The third-order valence-corrected chi connectivity index (χ3v) is 16.7. The highest BCUT2D eigenvalue weighted by Gasteiger charge is 2.15. The number of methoxy groups -OCH3 is 6. The first-order valence-electron chi connectivity index (χ1n) is 40.7. The van der Waals surface area contributed by atoms with Crippen molar-refractivity contribution in [2.75, 3.05) is 281 Å². The molecular weight excluding hydrogens is 1630 g/mol. The fraction of sp³-hybridized carbons (Fsp3) is 0.438. The number of fused-ring (bicyclic) bond motifs is 12. The standard InChI is InChI=1S/C96H108O30/c1-103-19-25-109-31-37-115-43-49-121-91(97)85-61-73-7-9-75-56-77(65-86(63-75)92(98)122-50-44-116-38-32-110-26-20-104-2)11-13-79-58-81(69-88(67-79)94(100)124-52-46-118-40-34-112-28-22-106-4)15-17-83-60-84(72-90(71-83)96(102)126-54-48-120-42-36-114-30-24-108-6)18-16-82-59-80(68-89(70-82)95(101)125-53-47-119-41-35-113-29-23-107-5)14-12-78-57-76(10-8-74(55-73)62-85)64-87(66-78)93(99)123-51-45-117-39-33-111-27-21-105-3/h55-72H,19-54H2,1-6H3. The van der Waals surface area contributed by atoms with Crippen LogP contribution < -0.4 is 0 Å². The van der Waals surface area contributed by atoms with E-state index in [1.807, 2.05) is 0 Å². The molecule has 7 aromatic rings. The number of benzene rings is 6. The largest absolute Gasteiger partial charge is 0.460 e. The number of rotatable bonds is 60. The summed E-state index contributed by atoms with van der Waals surface area (Å²) < 4.78 is 132. The molecule has 0 saturated carbocycles. The van der Waals surface area contributed by atoms with Crippen molar-refractivity contribution in [2.24, 2.45) is 0 Å². The van der Waals surface area contributed by atoms with Gasteiger partial charge in [-0.1, -0.05) is 72.8 Å². The van der Waals surface area contributed by atoms with Gasteiger partial charge in [-0.2, -0.15) is 0 Å². The Morgan fingerprint density at radius 1 is 0.151 bits per heavy atom. The first-order chi connectivity index (χ1) is 61.8. The molecule has 0 amide bonds. The van der Waals surface area contributed by atoms with E-state index >= 15 is 0 Å². The molecule has 0 unspecified atom stereocenters. The Kier molecular flexibility index (Phi) is 51.5. The maximum absolute atomic E-state index is 14.1. The van der Waals surface area contributed by atoms with Gasteiger partial charge in [0.15, 0.2) is 0 Å². The molecule has 0 radical (unpaired) electrons. The smallest absolute Gasteiger partial charge is 0.338 e. The molecule has 0 heterocycles. The molecule has 30 nitrogen and oxygen atoms in total. The molecule has 0 aliphatic rings. The van der Waals surface area contributed by atoms with Gasteiger partial charge in [-0.3, -0.25) is 0 Å². The minimum Gasteiger partial charge on any atom is -0.460 e. The zero-order valence-electron chi connectivity index (χ0n) is 72.1. The summed E-state index contributed by atoms with van der Waals surface area (Å²) in [4.78, 5) is 84.8. The average Bonchev–Trinajstić information content (AvgIpc) is 0.833. The van der Waals surface area contributed by atoms with Crippen LogP contribution in [0.5, 0.6) is 0 Å². The van der Waals surface area contributed by atoms with Gasteiger partial charge in [0.25, 0.3) is 0 Å². The van der Waals surface area contributed by atoms with Crippen LogP contribution in [-0.2, 0) is 114 Å². The van der Waals surface area contributed by atoms with Gasteiger partial charge < -0.3 is 114 Å². The minimum atomic E-state index is -0.740. The third-order valence-electron chi connectivity index (χ3n) is 16.7. The molecule has 7 aromatic carbocycles. The van der Waals surface area contributed by atoms with Crippen molar-refractivity contribution in [3.05, 3.63) is 215 Å². The van der Waals surface area contributed by atoms with Crippen molar-refractivity contribution in [1.29, 1.82) is 0 Å². The lowest BCUT2D eigenvalue weighted by atomic mass is 10.1. The predicted octanol–water partition coefficient (Wildman–Crippen LogP) is 10.3. The second-order valence-electron chi connectivity index (χ2n) is 26.4. The molecule has 7 rings (SSSR count). The summed E-state index contributed by atoms with van der Waals surface area (Å²) in [7, 11) is 9.42. The summed E-state index contributed by atoms with van der Waals surface area (Å²) in [5, 5.41) is 3.26. The highest BCUT2D eigenvalue weighted by Crippen LogP contribution is 2.20. The van der Waals surface area contributed by atoms with Crippen molar-refractivity contribution < 1.29 is 142 Å². The Morgan fingerprint density at radius 3 is 0.349 bits per heavy atom. The number of esters is 6. The number of carbonyl (C=O) groups excluding carboxylic acids is 6.